The van der Waals surface area contributed by atoms with Crippen molar-refractivity contribution in [3.05, 3.63) is 84.0 Å². The third kappa shape index (κ3) is 12.0. The summed E-state index contributed by atoms with van der Waals surface area (Å²) in [6.07, 6.45) is 3.48. The second-order valence-electron chi connectivity index (χ2n) is 5.48. The van der Waals surface area contributed by atoms with Gasteiger partial charge in [-0.1, -0.05) is 36.4 Å². The fraction of sp³-hybridized carbons (Fsp3) is 0.182. The van der Waals surface area contributed by atoms with Crippen molar-refractivity contribution in [1.29, 1.82) is 0 Å². The molecule has 30 heavy (non-hydrogen) atoms. The molecule has 0 amide bonds. The number of carboxylic acids is 2. The molecule has 0 aliphatic rings. The predicted molar refractivity (Wildman–Crippen MR) is 107 cm³/mol. The highest BCUT2D eigenvalue weighted by Gasteiger charge is 1.98. The average Bonchev–Trinajstić information content (AvgIpc) is 2.77. The highest BCUT2D eigenvalue weighted by Crippen LogP contribution is 2.15. The highest BCUT2D eigenvalue weighted by atomic mass is 16.5. The van der Waals surface area contributed by atoms with Gasteiger partial charge in [0, 0.05) is 11.1 Å². The van der Waals surface area contributed by atoms with Gasteiger partial charge in [0.05, 0.1) is 26.2 Å². The van der Waals surface area contributed by atoms with E-state index in [0.717, 1.165) is 47.9 Å². The van der Waals surface area contributed by atoms with Crippen molar-refractivity contribution in [2.45, 2.75) is 13.1 Å². The van der Waals surface area contributed by atoms with Gasteiger partial charge in [-0.2, -0.15) is 0 Å². The summed E-state index contributed by atoms with van der Waals surface area (Å²) in [4.78, 5) is 19.3. The summed E-state index contributed by atoms with van der Waals surface area (Å²) in [5.74, 6) is -0.888. The topological polar surface area (TPSA) is 154 Å². The molecule has 8 nitrogen and oxygen atoms in total. The summed E-state index contributed by atoms with van der Waals surface area (Å²) in [5.41, 5.74) is 9.88. The molecule has 8 heteroatoms. The number of benzene rings is 2. The molecule has 0 radical (unpaired) electrons. The van der Waals surface area contributed by atoms with Crippen LogP contribution in [-0.4, -0.2) is 26.2 Å². The summed E-state index contributed by atoms with van der Waals surface area (Å²) >= 11 is 0. The molecule has 0 saturated heterocycles. The lowest BCUT2D eigenvalue weighted by Crippen LogP contribution is -2.47. The molecule has 6 N–H and O–H groups in total. The molecule has 0 aromatic heterocycles. The summed E-state index contributed by atoms with van der Waals surface area (Å²) in [5, 5.41) is 19.3. The van der Waals surface area contributed by atoms with Crippen LogP contribution in [0.5, 0.6) is 11.5 Å². The summed E-state index contributed by atoms with van der Waals surface area (Å²) in [7, 11) is 3.35. The maximum atomic E-state index is 9.65. The zero-order valence-electron chi connectivity index (χ0n) is 17.2. The van der Waals surface area contributed by atoms with Gasteiger partial charge in [0.15, 0.2) is 0 Å². The van der Waals surface area contributed by atoms with E-state index in [0.29, 0.717) is 12.2 Å². The minimum absolute atomic E-state index is 0.708. The molecule has 0 bridgehead atoms. The molecule has 0 aliphatic carbocycles. The monoisotopic (exact) mass is 416 g/mol. The molecule has 0 spiro atoms. The van der Waals surface area contributed by atoms with Crippen molar-refractivity contribution in [2.75, 3.05) is 14.2 Å². The first-order chi connectivity index (χ1) is 14.4. The highest BCUT2D eigenvalue weighted by molar-refractivity contribution is 5.80. The van der Waals surface area contributed by atoms with Crippen LogP contribution in [0, 0.1) is 0 Å². The van der Waals surface area contributed by atoms with Gasteiger partial charge in [0.25, 0.3) is 0 Å². The number of para-hydroxylation sites is 2. The van der Waals surface area contributed by atoms with E-state index in [4.69, 9.17) is 9.47 Å². The second-order valence-corrected chi connectivity index (χ2v) is 5.48. The number of carbonyl (C=O) groups is 2. The van der Waals surface area contributed by atoms with Crippen molar-refractivity contribution >= 4 is 11.9 Å². The van der Waals surface area contributed by atoms with E-state index < -0.39 is 11.9 Å². The maximum absolute atomic E-state index is 9.65. The van der Waals surface area contributed by atoms with Gasteiger partial charge in [-0.3, -0.25) is 0 Å². The Labute approximate surface area is 176 Å². The first-order valence-electron chi connectivity index (χ1n) is 8.98. The first-order valence-corrected chi connectivity index (χ1v) is 8.98. The smallest absolute Gasteiger partial charge is 0.127 e. The number of hydrogen-bond donors (Lipinski definition) is 2. The van der Waals surface area contributed by atoms with Gasteiger partial charge in [-0.15, -0.1) is 0 Å². The minimum Gasteiger partial charge on any atom is -0.545 e. The van der Waals surface area contributed by atoms with Crippen molar-refractivity contribution in [2.24, 2.45) is 0 Å². The quantitative estimate of drug-likeness (QED) is 0.412. The summed E-state index contributed by atoms with van der Waals surface area (Å²) in [6, 6.07) is 15.8. The Balaban J connectivity index is 0.000000420. The molecular formula is C22H28N2O6. The number of quaternary nitrogens is 2. The third-order valence-electron chi connectivity index (χ3n) is 3.50. The molecule has 162 valence electrons. The van der Waals surface area contributed by atoms with Gasteiger partial charge in [-0.05, 0) is 36.4 Å². The molecule has 0 unspecified atom stereocenters. The number of aliphatic carboxylic acids is 2. The SMILES string of the molecule is COc1ccccc1C[NH3+].COc1ccccc1C[NH3+].O=C([O-])/C=C\C=C/C(=O)[O-]. The van der Waals surface area contributed by atoms with E-state index in [9.17, 15) is 19.8 Å². The van der Waals surface area contributed by atoms with Crippen LogP contribution in [-0.2, 0) is 22.7 Å². The standard InChI is InChI=1S/2C8H11NO.C6H6O4/c2*1-10-8-5-3-2-4-7(8)6-9;7-5(8)3-1-2-4-6(9)10/h2*2-5H,6,9H2,1H3;1-4H,(H,7,8)(H,9,10)/b;;3-1-,4-2-. The van der Waals surface area contributed by atoms with Crippen molar-refractivity contribution < 1.29 is 40.7 Å². The van der Waals surface area contributed by atoms with Crippen LogP contribution in [0.4, 0.5) is 0 Å². The number of ether oxygens (including phenoxy) is 2. The zero-order chi connectivity index (χ0) is 22.8. The van der Waals surface area contributed by atoms with Gasteiger partial charge in [0.2, 0.25) is 0 Å². The molecule has 2 aromatic rings. The van der Waals surface area contributed by atoms with E-state index in [1.54, 1.807) is 14.2 Å². The number of allylic oxidation sites excluding steroid dienone is 2. The molecule has 2 rings (SSSR count). The fourth-order valence-corrected chi connectivity index (χ4v) is 2.09. The van der Waals surface area contributed by atoms with Crippen LogP contribution in [0.2, 0.25) is 0 Å². The first kappa shape index (κ1) is 26.4. The van der Waals surface area contributed by atoms with Crippen LogP contribution >= 0.6 is 0 Å². The van der Waals surface area contributed by atoms with Gasteiger partial charge < -0.3 is 40.7 Å². The van der Waals surface area contributed by atoms with Gasteiger partial charge in [0.1, 0.15) is 24.6 Å². The van der Waals surface area contributed by atoms with E-state index >= 15 is 0 Å². The maximum Gasteiger partial charge on any atom is 0.127 e. The second kappa shape index (κ2) is 16.3. The third-order valence-corrected chi connectivity index (χ3v) is 3.50. The Kier molecular flexibility index (Phi) is 14.4. The lowest BCUT2D eigenvalue weighted by Gasteiger charge is -2.02. The molecule has 0 saturated carbocycles. The van der Waals surface area contributed by atoms with E-state index in [1.807, 2.05) is 48.5 Å². The van der Waals surface area contributed by atoms with E-state index in [2.05, 4.69) is 11.5 Å². The Morgan fingerprint density at radius 3 is 1.33 bits per heavy atom. The van der Waals surface area contributed by atoms with Crippen LogP contribution in [0.3, 0.4) is 0 Å². The Morgan fingerprint density at radius 2 is 1.10 bits per heavy atom. The number of methoxy groups -OCH3 is 2. The number of carbonyl (C=O) groups excluding carboxylic acids is 2. The molecule has 0 heterocycles. The normalized spacial score (nSPS) is 9.87. The Hall–Kier alpha value is -3.62. The van der Waals surface area contributed by atoms with E-state index in [1.165, 1.54) is 0 Å². The lowest BCUT2D eigenvalue weighted by atomic mass is 10.2. The summed E-state index contributed by atoms with van der Waals surface area (Å²) in [6.45, 7) is 1.56. The summed E-state index contributed by atoms with van der Waals surface area (Å²) < 4.78 is 10.2. The predicted octanol–water partition coefficient (Wildman–Crippen LogP) is -1.53. The molecule has 0 atom stereocenters. The largest absolute Gasteiger partial charge is 0.545 e. The lowest BCUT2D eigenvalue weighted by molar-refractivity contribution is -0.387. The average molecular weight is 416 g/mol. The van der Waals surface area contributed by atoms with Crippen molar-refractivity contribution in [1.82, 2.24) is 0 Å². The molecule has 0 fully saturated rings. The van der Waals surface area contributed by atoms with Gasteiger partial charge in [-0.25, -0.2) is 0 Å². The number of hydrogen-bond acceptors (Lipinski definition) is 6. The van der Waals surface area contributed by atoms with Crippen LogP contribution in [0.25, 0.3) is 0 Å². The Morgan fingerprint density at radius 1 is 0.767 bits per heavy atom. The van der Waals surface area contributed by atoms with Gasteiger partial charge >= 0.3 is 0 Å². The van der Waals surface area contributed by atoms with Crippen LogP contribution < -0.4 is 31.2 Å². The minimum atomic E-state index is -1.37. The number of rotatable bonds is 7. The molecule has 0 aliphatic heterocycles. The zero-order valence-corrected chi connectivity index (χ0v) is 17.2. The van der Waals surface area contributed by atoms with Crippen LogP contribution in [0.1, 0.15) is 11.1 Å². The van der Waals surface area contributed by atoms with E-state index in [-0.39, 0.29) is 0 Å². The van der Waals surface area contributed by atoms with Crippen LogP contribution in [0.15, 0.2) is 72.8 Å². The molecular weight excluding hydrogens is 388 g/mol. The number of carboxylic acid groups (broad SMARTS) is 2. The Bertz CT molecular complexity index is 718. The van der Waals surface area contributed by atoms with Crippen molar-refractivity contribution in [3.8, 4) is 11.5 Å². The molecule has 2 aromatic carbocycles. The van der Waals surface area contributed by atoms with Crippen molar-refractivity contribution in [3.63, 3.8) is 0 Å². The fourth-order valence-electron chi connectivity index (χ4n) is 2.09.